The third-order valence-electron chi connectivity index (χ3n) is 6.47. The number of aromatic nitrogens is 4. The molecule has 0 amide bonds. The molecule has 4 rings (SSSR count). The zero-order valence-corrected chi connectivity index (χ0v) is 20.2. The van der Waals surface area contributed by atoms with Crippen LogP contribution >= 0.6 is 0 Å². The molecular formula is C23H31F3N6O4. The highest BCUT2D eigenvalue weighted by Crippen LogP contribution is 2.37. The monoisotopic (exact) mass is 512 g/mol. The number of anilines is 3. The molecule has 13 heteroatoms. The minimum absolute atomic E-state index is 0.126. The standard InChI is InChI=1S/C21H30N6O2.C2HF3O2/c1-14-10-19(24-18-8-9-22-26-18)25-21(23-14)27-12-16(15-6-4-3-5-7-15)11-17(13-27)20(28)29-2;3-2(4,5)1(6)7/h8-10,15-17H,3-7,11-13H2,1-2H3,(H2,22,23,24,25,26);(H,6,7)/t16-,17+;/m0./s1. The molecule has 2 atom stereocenters. The quantitative estimate of drug-likeness (QED) is 0.507. The fourth-order valence-corrected chi connectivity index (χ4v) is 4.81. The number of carbonyl (C=O) groups is 2. The minimum Gasteiger partial charge on any atom is -0.475 e. The number of esters is 1. The lowest BCUT2D eigenvalue weighted by molar-refractivity contribution is -0.192. The summed E-state index contributed by atoms with van der Waals surface area (Å²) in [5.41, 5.74) is 0.881. The molecule has 1 saturated carbocycles. The molecule has 0 bridgehead atoms. The van der Waals surface area contributed by atoms with Gasteiger partial charge in [0.1, 0.15) is 11.6 Å². The van der Waals surface area contributed by atoms with Gasteiger partial charge in [-0.2, -0.15) is 23.3 Å². The van der Waals surface area contributed by atoms with Gasteiger partial charge in [-0.3, -0.25) is 9.89 Å². The second-order valence-corrected chi connectivity index (χ2v) is 9.11. The lowest BCUT2D eigenvalue weighted by Crippen LogP contribution is -2.46. The van der Waals surface area contributed by atoms with Crippen LogP contribution in [0.4, 0.5) is 30.8 Å². The summed E-state index contributed by atoms with van der Waals surface area (Å²) in [4.78, 5) is 32.9. The van der Waals surface area contributed by atoms with Gasteiger partial charge in [0.25, 0.3) is 0 Å². The highest BCUT2D eigenvalue weighted by molar-refractivity contribution is 5.73. The molecule has 1 saturated heterocycles. The number of H-pyrrole nitrogens is 1. The van der Waals surface area contributed by atoms with Gasteiger partial charge in [-0.15, -0.1) is 0 Å². The Balaban J connectivity index is 0.000000454. The topological polar surface area (TPSA) is 133 Å². The molecule has 2 aromatic heterocycles. The normalized spacial score (nSPS) is 20.8. The number of hydrogen-bond acceptors (Lipinski definition) is 8. The van der Waals surface area contributed by atoms with Crippen molar-refractivity contribution in [2.45, 2.75) is 51.6 Å². The maximum absolute atomic E-state index is 12.4. The van der Waals surface area contributed by atoms with Crippen LogP contribution < -0.4 is 10.2 Å². The number of aliphatic carboxylic acids is 1. The summed E-state index contributed by atoms with van der Waals surface area (Å²) in [6.07, 6.45) is 3.95. The molecule has 1 aliphatic carbocycles. The van der Waals surface area contributed by atoms with Gasteiger partial charge in [-0.1, -0.05) is 32.1 Å². The maximum atomic E-state index is 12.4. The van der Waals surface area contributed by atoms with E-state index in [1.807, 2.05) is 19.1 Å². The summed E-state index contributed by atoms with van der Waals surface area (Å²) >= 11 is 0. The van der Waals surface area contributed by atoms with Gasteiger partial charge in [0.05, 0.1) is 19.2 Å². The van der Waals surface area contributed by atoms with Crippen LogP contribution in [0.25, 0.3) is 0 Å². The number of carboxylic acid groups (broad SMARTS) is 1. The van der Waals surface area contributed by atoms with Crippen molar-refractivity contribution in [3.05, 3.63) is 24.0 Å². The number of carbonyl (C=O) groups excluding carboxylic acids is 1. The Labute approximate surface area is 206 Å². The van der Waals surface area contributed by atoms with Crippen LogP contribution in [0.1, 0.15) is 44.2 Å². The number of halogens is 3. The van der Waals surface area contributed by atoms with Crippen LogP contribution in [0, 0.1) is 24.7 Å². The number of carboxylic acids is 1. The molecule has 2 aromatic rings. The number of methoxy groups -OCH3 is 1. The molecule has 2 fully saturated rings. The van der Waals surface area contributed by atoms with Gasteiger partial charge >= 0.3 is 18.1 Å². The summed E-state index contributed by atoms with van der Waals surface area (Å²) in [7, 11) is 1.48. The molecule has 2 aliphatic rings. The number of nitrogens with one attached hydrogen (secondary N) is 2. The van der Waals surface area contributed by atoms with E-state index >= 15 is 0 Å². The third kappa shape index (κ3) is 7.56. The second kappa shape index (κ2) is 12.0. The van der Waals surface area contributed by atoms with Crippen molar-refractivity contribution in [3.8, 4) is 0 Å². The molecule has 10 nitrogen and oxygen atoms in total. The van der Waals surface area contributed by atoms with Crippen LogP contribution in [0.3, 0.4) is 0 Å². The van der Waals surface area contributed by atoms with E-state index in [4.69, 9.17) is 19.6 Å². The van der Waals surface area contributed by atoms with Crippen LogP contribution in [-0.2, 0) is 14.3 Å². The first-order valence-corrected chi connectivity index (χ1v) is 11.8. The predicted molar refractivity (Wildman–Crippen MR) is 125 cm³/mol. The third-order valence-corrected chi connectivity index (χ3v) is 6.47. The van der Waals surface area contributed by atoms with E-state index in [1.54, 1.807) is 6.20 Å². The van der Waals surface area contributed by atoms with Crippen LogP contribution in [0.2, 0.25) is 0 Å². The van der Waals surface area contributed by atoms with Crippen molar-refractivity contribution in [3.63, 3.8) is 0 Å². The van der Waals surface area contributed by atoms with Gasteiger partial charge in [0, 0.05) is 30.9 Å². The number of aryl methyl sites for hydroxylation is 1. The number of alkyl halides is 3. The fraction of sp³-hybridized carbons (Fsp3) is 0.609. The van der Waals surface area contributed by atoms with Gasteiger partial charge in [0.2, 0.25) is 5.95 Å². The Morgan fingerprint density at radius 2 is 1.86 bits per heavy atom. The van der Waals surface area contributed by atoms with Crippen molar-refractivity contribution < 1.29 is 32.6 Å². The summed E-state index contributed by atoms with van der Waals surface area (Å²) in [6, 6.07) is 3.76. The van der Waals surface area contributed by atoms with Crippen molar-refractivity contribution in [2.24, 2.45) is 17.8 Å². The lowest BCUT2D eigenvalue weighted by Gasteiger charge is -2.41. The SMILES string of the molecule is COC(=O)[C@@H]1C[C@H](C2CCCCC2)CN(c2nc(C)cc(Nc3ccn[nH]3)n2)C1.O=C(O)C(F)(F)F. The molecule has 198 valence electrons. The van der Waals surface area contributed by atoms with Crippen molar-refractivity contribution in [2.75, 3.05) is 30.4 Å². The van der Waals surface area contributed by atoms with Gasteiger partial charge in [0.15, 0.2) is 0 Å². The zero-order chi connectivity index (χ0) is 26.3. The van der Waals surface area contributed by atoms with E-state index in [2.05, 4.69) is 25.4 Å². The lowest BCUT2D eigenvalue weighted by atomic mass is 9.74. The first kappa shape index (κ1) is 27.2. The number of piperidine rings is 1. The molecule has 0 radical (unpaired) electrons. The summed E-state index contributed by atoms with van der Waals surface area (Å²) < 4.78 is 36.8. The van der Waals surface area contributed by atoms with E-state index in [1.165, 1.54) is 39.2 Å². The maximum Gasteiger partial charge on any atom is 0.490 e. The predicted octanol–water partition coefficient (Wildman–Crippen LogP) is 4.08. The van der Waals surface area contributed by atoms with Gasteiger partial charge in [-0.25, -0.2) is 9.78 Å². The Hall–Kier alpha value is -3.38. The average molecular weight is 513 g/mol. The molecule has 0 spiro atoms. The summed E-state index contributed by atoms with van der Waals surface area (Å²) in [5.74, 6) is 0.292. The average Bonchev–Trinajstić information content (AvgIpc) is 3.36. The van der Waals surface area contributed by atoms with E-state index in [0.29, 0.717) is 30.1 Å². The highest BCUT2D eigenvalue weighted by Gasteiger charge is 2.38. The first-order valence-electron chi connectivity index (χ1n) is 11.8. The fourth-order valence-electron chi connectivity index (χ4n) is 4.81. The molecular weight excluding hydrogens is 481 g/mol. The van der Waals surface area contributed by atoms with Gasteiger partial charge in [-0.05, 0) is 25.2 Å². The van der Waals surface area contributed by atoms with E-state index in [0.717, 1.165) is 24.5 Å². The number of nitrogens with zero attached hydrogens (tertiary/aromatic N) is 4. The Morgan fingerprint density at radius 1 is 1.17 bits per heavy atom. The largest absolute Gasteiger partial charge is 0.490 e. The number of aromatic amines is 1. The van der Waals surface area contributed by atoms with Gasteiger partial charge < -0.3 is 20.1 Å². The molecule has 1 aliphatic heterocycles. The van der Waals surface area contributed by atoms with E-state index < -0.39 is 12.1 Å². The van der Waals surface area contributed by atoms with Crippen LogP contribution in [0.15, 0.2) is 18.3 Å². The number of rotatable bonds is 5. The first-order chi connectivity index (χ1) is 17.1. The Morgan fingerprint density at radius 3 is 2.44 bits per heavy atom. The molecule has 3 N–H and O–H groups in total. The molecule has 0 unspecified atom stereocenters. The molecule has 36 heavy (non-hydrogen) atoms. The van der Waals surface area contributed by atoms with E-state index in [-0.39, 0.29) is 11.9 Å². The summed E-state index contributed by atoms with van der Waals surface area (Å²) in [6.45, 7) is 3.46. The Bertz CT molecular complexity index is 1010. The zero-order valence-electron chi connectivity index (χ0n) is 20.2. The van der Waals surface area contributed by atoms with Crippen molar-refractivity contribution >= 4 is 29.5 Å². The summed E-state index contributed by atoms with van der Waals surface area (Å²) in [5, 5.41) is 17.2. The van der Waals surface area contributed by atoms with Crippen molar-refractivity contribution in [1.82, 2.24) is 20.2 Å². The van der Waals surface area contributed by atoms with Crippen molar-refractivity contribution in [1.29, 1.82) is 0 Å². The number of ether oxygens (including phenoxy) is 1. The molecule has 3 heterocycles. The molecule has 0 aromatic carbocycles. The smallest absolute Gasteiger partial charge is 0.475 e. The van der Waals surface area contributed by atoms with Crippen LogP contribution in [-0.4, -0.2) is 63.6 Å². The Kier molecular flexibility index (Phi) is 9.10. The van der Waals surface area contributed by atoms with Crippen LogP contribution in [0.5, 0.6) is 0 Å². The minimum atomic E-state index is -5.08. The highest BCUT2D eigenvalue weighted by atomic mass is 19.4. The van der Waals surface area contributed by atoms with E-state index in [9.17, 15) is 18.0 Å². The second-order valence-electron chi connectivity index (χ2n) is 9.11. The number of hydrogen-bond donors (Lipinski definition) is 3.